The van der Waals surface area contributed by atoms with Crippen molar-refractivity contribution in [2.24, 2.45) is 5.73 Å². The molecule has 2 rings (SSSR count). The van der Waals surface area contributed by atoms with Gasteiger partial charge in [-0.05, 0) is 32.0 Å². The molecular weight excluding hydrogens is 302 g/mol. The molecule has 9 heteroatoms. The van der Waals surface area contributed by atoms with Crippen LogP contribution in [0.25, 0.3) is 0 Å². The minimum atomic E-state index is -3.85. The summed E-state index contributed by atoms with van der Waals surface area (Å²) in [6.45, 7) is 1.54. The fourth-order valence-corrected chi connectivity index (χ4v) is 4.92. The van der Waals surface area contributed by atoms with Crippen LogP contribution in [0, 0.1) is 0 Å². The van der Waals surface area contributed by atoms with Crippen LogP contribution in [-0.2, 0) is 26.0 Å². The highest BCUT2D eigenvalue weighted by Gasteiger charge is 2.39. The average molecular weight is 317 g/mol. The Labute approximate surface area is 120 Å². The fraction of sp³-hybridized carbons (Fsp3) is 0.455. The number of carbonyl (C=O) groups excluding carboxylic acids is 2. The van der Waals surface area contributed by atoms with Gasteiger partial charge in [-0.15, -0.1) is 11.3 Å². The summed E-state index contributed by atoms with van der Waals surface area (Å²) in [5.74, 6) is -1.22. The second kappa shape index (κ2) is 5.60. The summed E-state index contributed by atoms with van der Waals surface area (Å²) in [5.41, 5.74) is 5.43. The van der Waals surface area contributed by atoms with E-state index in [1.54, 1.807) is 6.07 Å². The molecule has 0 aliphatic carbocycles. The Morgan fingerprint density at radius 3 is 2.80 bits per heavy atom. The van der Waals surface area contributed by atoms with Crippen LogP contribution in [-0.4, -0.2) is 43.7 Å². The van der Waals surface area contributed by atoms with Crippen molar-refractivity contribution in [1.29, 1.82) is 0 Å². The molecule has 1 atom stereocenters. The molecule has 110 valence electrons. The first kappa shape index (κ1) is 15.1. The monoisotopic (exact) mass is 317 g/mol. The lowest BCUT2D eigenvalue weighted by molar-refractivity contribution is -0.136. The van der Waals surface area contributed by atoms with E-state index in [-0.39, 0.29) is 10.8 Å². The number of hydrogen-bond acceptors (Lipinski definition) is 6. The van der Waals surface area contributed by atoms with Gasteiger partial charge in [0.05, 0.1) is 6.54 Å². The van der Waals surface area contributed by atoms with Crippen molar-refractivity contribution >= 4 is 33.2 Å². The number of thiophene rings is 1. The number of hydrogen-bond donors (Lipinski definition) is 2. The SMILES string of the molecule is CC1C(=O)NC(=O)CN1S(=O)(=O)c1ccc(CCN)s1. The van der Waals surface area contributed by atoms with Gasteiger partial charge in [0, 0.05) is 4.88 Å². The van der Waals surface area contributed by atoms with Crippen molar-refractivity contribution in [1.82, 2.24) is 9.62 Å². The molecule has 2 heterocycles. The predicted octanol–water partition coefficient (Wildman–Crippen LogP) is -0.715. The third-order valence-electron chi connectivity index (χ3n) is 2.96. The van der Waals surface area contributed by atoms with Gasteiger partial charge in [0.25, 0.3) is 10.0 Å². The molecule has 1 unspecified atom stereocenters. The van der Waals surface area contributed by atoms with Gasteiger partial charge in [0.2, 0.25) is 11.8 Å². The lowest BCUT2D eigenvalue weighted by atomic mass is 10.2. The average Bonchev–Trinajstić information content (AvgIpc) is 2.83. The van der Waals surface area contributed by atoms with E-state index in [1.165, 1.54) is 13.0 Å². The van der Waals surface area contributed by atoms with Crippen molar-refractivity contribution in [2.45, 2.75) is 23.6 Å². The number of rotatable bonds is 4. The second-order valence-corrected chi connectivity index (χ2v) is 7.68. The number of sulfonamides is 1. The first-order valence-electron chi connectivity index (χ1n) is 6.00. The van der Waals surface area contributed by atoms with Crippen LogP contribution >= 0.6 is 11.3 Å². The maximum Gasteiger partial charge on any atom is 0.253 e. The van der Waals surface area contributed by atoms with Crippen LogP contribution in [0.1, 0.15) is 11.8 Å². The number of carbonyl (C=O) groups is 2. The van der Waals surface area contributed by atoms with Gasteiger partial charge in [-0.25, -0.2) is 8.42 Å². The molecule has 1 aromatic rings. The minimum Gasteiger partial charge on any atom is -0.330 e. The molecular formula is C11H15N3O4S2. The minimum absolute atomic E-state index is 0.121. The van der Waals surface area contributed by atoms with E-state index in [9.17, 15) is 18.0 Å². The smallest absolute Gasteiger partial charge is 0.253 e. The molecule has 2 amide bonds. The van der Waals surface area contributed by atoms with E-state index in [1.807, 2.05) is 0 Å². The lowest BCUT2D eigenvalue weighted by Gasteiger charge is -2.30. The Hall–Kier alpha value is -1.29. The van der Waals surface area contributed by atoms with Crippen LogP contribution < -0.4 is 11.1 Å². The summed E-state index contributed by atoms with van der Waals surface area (Å²) < 4.78 is 26.0. The molecule has 0 bridgehead atoms. The molecule has 1 aromatic heterocycles. The number of nitrogens with zero attached hydrogens (tertiary/aromatic N) is 1. The number of imide groups is 1. The summed E-state index contributed by atoms with van der Waals surface area (Å²) in [4.78, 5) is 23.8. The van der Waals surface area contributed by atoms with Crippen LogP contribution in [0.2, 0.25) is 0 Å². The highest BCUT2D eigenvalue weighted by atomic mass is 32.2. The Balaban J connectivity index is 2.32. The van der Waals surface area contributed by atoms with Gasteiger partial charge in [-0.1, -0.05) is 0 Å². The molecule has 0 aromatic carbocycles. The highest BCUT2D eigenvalue weighted by molar-refractivity contribution is 7.91. The predicted molar refractivity (Wildman–Crippen MR) is 73.6 cm³/mol. The van der Waals surface area contributed by atoms with Crippen molar-refractivity contribution in [2.75, 3.05) is 13.1 Å². The van der Waals surface area contributed by atoms with Gasteiger partial charge in [0.1, 0.15) is 10.3 Å². The summed E-state index contributed by atoms with van der Waals surface area (Å²) in [7, 11) is -3.85. The summed E-state index contributed by atoms with van der Waals surface area (Å²) >= 11 is 1.11. The number of nitrogens with two attached hydrogens (primary N) is 1. The first-order chi connectivity index (χ1) is 9.36. The largest absolute Gasteiger partial charge is 0.330 e. The van der Waals surface area contributed by atoms with E-state index < -0.39 is 27.9 Å². The standard InChI is InChI=1S/C11H15N3O4S2/c1-7-11(16)13-9(15)6-14(7)20(17,18)10-3-2-8(19-10)4-5-12/h2-3,7H,4-6,12H2,1H3,(H,13,15,16). The van der Waals surface area contributed by atoms with Gasteiger partial charge < -0.3 is 5.73 Å². The normalized spacial score (nSPS) is 21.0. The van der Waals surface area contributed by atoms with E-state index >= 15 is 0 Å². The molecule has 1 aliphatic rings. The Morgan fingerprint density at radius 2 is 2.15 bits per heavy atom. The third kappa shape index (κ3) is 2.75. The van der Waals surface area contributed by atoms with E-state index in [2.05, 4.69) is 5.32 Å². The second-order valence-electron chi connectivity index (χ2n) is 4.40. The van der Waals surface area contributed by atoms with Crippen molar-refractivity contribution in [3.63, 3.8) is 0 Å². The molecule has 1 aliphatic heterocycles. The third-order valence-corrected chi connectivity index (χ3v) is 6.49. The Kier molecular flexibility index (Phi) is 4.23. The number of nitrogens with one attached hydrogen (secondary N) is 1. The first-order valence-corrected chi connectivity index (χ1v) is 8.26. The maximum absolute atomic E-state index is 12.5. The molecule has 7 nitrogen and oxygen atoms in total. The van der Waals surface area contributed by atoms with Crippen molar-refractivity contribution in [3.05, 3.63) is 17.0 Å². The van der Waals surface area contributed by atoms with Crippen LogP contribution in [0.15, 0.2) is 16.3 Å². The van der Waals surface area contributed by atoms with Crippen molar-refractivity contribution < 1.29 is 18.0 Å². The topological polar surface area (TPSA) is 110 Å². The molecule has 1 saturated heterocycles. The Morgan fingerprint density at radius 1 is 1.45 bits per heavy atom. The molecule has 0 spiro atoms. The number of amides is 2. The zero-order valence-electron chi connectivity index (χ0n) is 10.8. The number of piperazine rings is 1. The fourth-order valence-electron chi connectivity index (χ4n) is 1.87. The maximum atomic E-state index is 12.5. The molecule has 0 radical (unpaired) electrons. The van der Waals surface area contributed by atoms with Gasteiger partial charge >= 0.3 is 0 Å². The quantitative estimate of drug-likeness (QED) is 0.713. The van der Waals surface area contributed by atoms with Crippen LogP contribution in [0.3, 0.4) is 0 Å². The van der Waals surface area contributed by atoms with E-state index in [0.717, 1.165) is 20.5 Å². The summed E-state index contributed by atoms with van der Waals surface area (Å²) in [5, 5.41) is 2.11. The summed E-state index contributed by atoms with van der Waals surface area (Å²) in [6, 6.07) is 2.27. The zero-order valence-corrected chi connectivity index (χ0v) is 12.5. The van der Waals surface area contributed by atoms with Crippen LogP contribution in [0.4, 0.5) is 0 Å². The lowest BCUT2D eigenvalue weighted by Crippen LogP contribution is -2.58. The van der Waals surface area contributed by atoms with Gasteiger partial charge in [-0.3, -0.25) is 14.9 Å². The Bertz CT molecular complexity index is 638. The van der Waals surface area contributed by atoms with Gasteiger partial charge in [-0.2, -0.15) is 4.31 Å². The zero-order chi connectivity index (χ0) is 14.9. The van der Waals surface area contributed by atoms with Crippen LogP contribution in [0.5, 0.6) is 0 Å². The van der Waals surface area contributed by atoms with E-state index in [4.69, 9.17) is 5.73 Å². The molecule has 20 heavy (non-hydrogen) atoms. The summed E-state index contributed by atoms with van der Waals surface area (Å²) in [6.07, 6.45) is 0.592. The molecule has 0 saturated carbocycles. The van der Waals surface area contributed by atoms with Crippen molar-refractivity contribution in [3.8, 4) is 0 Å². The molecule has 3 N–H and O–H groups in total. The van der Waals surface area contributed by atoms with Gasteiger partial charge in [0.15, 0.2) is 0 Å². The molecule has 1 fully saturated rings. The highest BCUT2D eigenvalue weighted by Crippen LogP contribution is 2.27. The van der Waals surface area contributed by atoms with E-state index in [0.29, 0.717) is 13.0 Å².